The minimum absolute atomic E-state index is 0.126. The summed E-state index contributed by atoms with van der Waals surface area (Å²) >= 11 is 7.21. The van der Waals surface area contributed by atoms with Crippen LogP contribution in [0.3, 0.4) is 0 Å². The van der Waals surface area contributed by atoms with E-state index in [2.05, 4.69) is 0 Å². The number of rotatable bonds is 3. The quantitative estimate of drug-likeness (QED) is 0.929. The van der Waals surface area contributed by atoms with Crippen LogP contribution >= 0.6 is 22.9 Å². The standard InChI is InChI=1S/C12H14ClNO3S/c1-7(9-4-5-10(13)18-9)11(15)14-6-2-3-8(14)12(16)17/h4-5,7-8H,2-3,6H2,1H3,(H,16,17)/t7-,8-/m1/s1. The van der Waals surface area contributed by atoms with E-state index in [1.807, 2.05) is 6.07 Å². The highest BCUT2D eigenvalue weighted by molar-refractivity contribution is 7.16. The molecular formula is C12H14ClNO3S. The minimum atomic E-state index is -0.919. The number of carbonyl (C=O) groups excluding carboxylic acids is 1. The van der Waals surface area contributed by atoms with Gasteiger partial charge in [-0.25, -0.2) is 4.79 Å². The van der Waals surface area contributed by atoms with Crippen LogP contribution in [0.1, 0.15) is 30.6 Å². The summed E-state index contributed by atoms with van der Waals surface area (Å²) in [5, 5.41) is 9.08. The van der Waals surface area contributed by atoms with Crippen molar-refractivity contribution in [2.24, 2.45) is 0 Å². The lowest BCUT2D eigenvalue weighted by Gasteiger charge is -2.24. The fraction of sp³-hybridized carbons (Fsp3) is 0.500. The molecule has 0 spiro atoms. The smallest absolute Gasteiger partial charge is 0.326 e. The summed E-state index contributed by atoms with van der Waals surface area (Å²) in [6.45, 7) is 2.32. The van der Waals surface area contributed by atoms with Gasteiger partial charge in [0.1, 0.15) is 6.04 Å². The summed E-state index contributed by atoms with van der Waals surface area (Å²) in [7, 11) is 0. The first-order chi connectivity index (χ1) is 8.50. The molecule has 2 heterocycles. The van der Waals surface area contributed by atoms with Crippen molar-refractivity contribution in [3.63, 3.8) is 0 Å². The van der Waals surface area contributed by atoms with Crippen molar-refractivity contribution in [2.45, 2.75) is 31.7 Å². The molecule has 4 nitrogen and oxygen atoms in total. The highest BCUT2D eigenvalue weighted by Gasteiger charge is 2.36. The van der Waals surface area contributed by atoms with Gasteiger partial charge in [0.2, 0.25) is 5.91 Å². The van der Waals surface area contributed by atoms with E-state index in [-0.39, 0.29) is 11.8 Å². The molecule has 0 saturated carbocycles. The minimum Gasteiger partial charge on any atom is -0.480 e. The summed E-state index contributed by atoms with van der Waals surface area (Å²) in [5.41, 5.74) is 0. The summed E-state index contributed by atoms with van der Waals surface area (Å²) in [4.78, 5) is 25.7. The van der Waals surface area contributed by atoms with Crippen molar-refractivity contribution in [1.82, 2.24) is 4.90 Å². The normalized spacial score (nSPS) is 21.0. The van der Waals surface area contributed by atoms with Crippen LogP contribution < -0.4 is 0 Å². The SMILES string of the molecule is C[C@@H](C(=O)N1CCC[C@@H]1C(=O)O)c1ccc(Cl)s1. The second-order valence-corrected chi connectivity index (χ2v) is 6.14. The molecule has 18 heavy (non-hydrogen) atoms. The Hall–Kier alpha value is -1.07. The van der Waals surface area contributed by atoms with Gasteiger partial charge in [-0.2, -0.15) is 0 Å². The van der Waals surface area contributed by atoms with Gasteiger partial charge in [0.15, 0.2) is 0 Å². The summed E-state index contributed by atoms with van der Waals surface area (Å²) in [5.74, 6) is -1.38. The van der Waals surface area contributed by atoms with Crippen LogP contribution in [-0.2, 0) is 9.59 Å². The molecule has 0 unspecified atom stereocenters. The van der Waals surface area contributed by atoms with E-state index < -0.39 is 12.0 Å². The molecule has 2 atom stereocenters. The van der Waals surface area contributed by atoms with Gasteiger partial charge in [-0.15, -0.1) is 11.3 Å². The Morgan fingerprint density at radius 3 is 2.83 bits per heavy atom. The molecule has 0 radical (unpaired) electrons. The monoisotopic (exact) mass is 287 g/mol. The third kappa shape index (κ3) is 2.52. The summed E-state index contributed by atoms with van der Waals surface area (Å²) in [6, 6.07) is 2.90. The fourth-order valence-electron chi connectivity index (χ4n) is 2.22. The van der Waals surface area contributed by atoms with Crippen molar-refractivity contribution in [3.8, 4) is 0 Å². The average molecular weight is 288 g/mol. The molecule has 0 aliphatic carbocycles. The lowest BCUT2D eigenvalue weighted by Crippen LogP contribution is -2.42. The van der Waals surface area contributed by atoms with Crippen LogP contribution in [0.15, 0.2) is 12.1 Å². The van der Waals surface area contributed by atoms with Crippen molar-refractivity contribution >= 4 is 34.8 Å². The molecule has 2 rings (SSSR count). The molecule has 1 fully saturated rings. The van der Waals surface area contributed by atoms with Gasteiger partial charge in [-0.05, 0) is 31.9 Å². The lowest BCUT2D eigenvalue weighted by atomic mass is 10.1. The van der Waals surface area contributed by atoms with Crippen molar-refractivity contribution in [3.05, 3.63) is 21.3 Å². The van der Waals surface area contributed by atoms with Crippen LogP contribution in [0.5, 0.6) is 0 Å². The molecule has 6 heteroatoms. The number of hydrogen-bond acceptors (Lipinski definition) is 3. The van der Waals surface area contributed by atoms with E-state index >= 15 is 0 Å². The zero-order valence-electron chi connectivity index (χ0n) is 9.93. The number of thiophene rings is 1. The van der Waals surface area contributed by atoms with E-state index in [0.717, 1.165) is 11.3 Å². The Kier molecular flexibility index (Phi) is 3.92. The van der Waals surface area contributed by atoms with Crippen molar-refractivity contribution in [2.75, 3.05) is 6.54 Å². The highest BCUT2D eigenvalue weighted by atomic mass is 35.5. The van der Waals surface area contributed by atoms with Gasteiger partial charge in [0.25, 0.3) is 0 Å². The second-order valence-electron chi connectivity index (χ2n) is 4.39. The van der Waals surface area contributed by atoms with E-state index in [1.54, 1.807) is 13.0 Å². The van der Waals surface area contributed by atoms with Crippen LogP contribution in [0.4, 0.5) is 0 Å². The van der Waals surface area contributed by atoms with Gasteiger partial charge in [0, 0.05) is 11.4 Å². The van der Waals surface area contributed by atoms with Gasteiger partial charge in [-0.3, -0.25) is 4.79 Å². The Morgan fingerprint density at radius 1 is 1.56 bits per heavy atom. The zero-order chi connectivity index (χ0) is 13.3. The number of nitrogens with zero attached hydrogens (tertiary/aromatic N) is 1. The first-order valence-electron chi connectivity index (χ1n) is 5.79. The average Bonchev–Trinajstić information content (AvgIpc) is 2.95. The van der Waals surface area contributed by atoms with Crippen molar-refractivity contribution < 1.29 is 14.7 Å². The Balaban J connectivity index is 2.13. The van der Waals surface area contributed by atoms with Crippen molar-refractivity contribution in [1.29, 1.82) is 0 Å². The fourth-order valence-corrected chi connectivity index (χ4v) is 3.32. The number of carboxylic acid groups (broad SMARTS) is 1. The van der Waals surface area contributed by atoms with Crippen LogP contribution in [0, 0.1) is 0 Å². The first kappa shape index (κ1) is 13.4. The van der Waals surface area contributed by atoms with Crippen LogP contribution in [0.2, 0.25) is 4.34 Å². The third-order valence-electron chi connectivity index (χ3n) is 3.21. The Morgan fingerprint density at radius 2 is 2.28 bits per heavy atom. The number of aliphatic carboxylic acids is 1. The molecule has 1 aromatic rings. The molecule has 1 aromatic heterocycles. The summed E-state index contributed by atoms with van der Waals surface area (Å²) < 4.78 is 0.640. The molecule has 1 N–H and O–H groups in total. The van der Waals surface area contributed by atoms with E-state index in [9.17, 15) is 9.59 Å². The molecule has 1 saturated heterocycles. The highest BCUT2D eigenvalue weighted by Crippen LogP contribution is 2.31. The van der Waals surface area contributed by atoms with Crippen LogP contribution in [0.25, 0.3) is 0 Å². The molecule has 98 valence electrons. The molecule has 1 amide bonds. The second kappa shape index (κ2) is 5.28. The maximum Gasteiger partial charge on any atom is 0.326 e. The number of hydrogen-bond donors (Lipinski definition) is 1. The third-order valence-corrected chi connectivity index (χ3v) is 4.63. The van der Waals surface area contributed by atoms with E-state index in [4.69, 9.17) is 16.7 Å². The van der Waals surface area contributed by atoms with Gasteiger partial charge in [0.05, 0.1) is 10.3 Å². The summed E-state index contributed by atoms with van der Waals surface area (Å²) in [6.07, 6.45) is 1.29. The molecule has 1 aliphatic rings. The topological polar surface area (TPSA) is 57.6 Å². The largest absolute Gasteiger partial charge is 0.480 e. The number of halogens is 1. The Labute approximate surface area is 114 Å². The molecule has 1 aliphatic heterocycles. The maximum atomic E-state index is 12.3. The maximum absolute atomic E-state index is 12.3. The van der Waals surface area contributed by atoms with E-state index in [0.29, 0.717) is 17.3 Å². The number of carboxylic acids is 1. The van der Waals surface area contributed by atoms with E-state index in [1.165, 1.54) is 16.2 Å². The predicted molar refractivity (Wildman–Crippen MR) is 70.1 cm³/mol. The van der Waals surface area contributed by atoms with Gasteiger partial charge < -0.3 is 10.0 Å². The van der Waals surface area contributed by atoms with Gasteiger partial charge in [-0.1, -0.05) is 11.6 Å². The molecule has 0 bridgehead atoms. The zero-order valence-corrected chi connectivity index (χ0v) is 11.5. The first-order valence-corrected chi connectivity index (χ1v) is 6.98. The molecular weight excluding hydrogens is 274 g/mol. The molecule has 0 aromatic carbocycles. The number of amides is 1. The Bertz CT molecular complexity index is 474. The number of carbonyl (C=O) groups is 2. The predicted octanol–water partition coefficient (Wildman–Crippen LogP) is 2.58. The van der Waals surface area contributed by atoms with Gasteiger partial charge >= 0.3 is 5.97 Å². The number of likely N-dealkylation sites (tertiary alicyclic amines) is 1. The lowest BCUT2D eigenvalue weighted by molar-refractivity contribution is -0.148. The van der Waals surface area contributed by atoms with Crippen LogP contribution in [-0.4, -0.2) is 34.5 Å².